The Kier molecular flexibility index (Phi) is 10.8. The average Bonchev–Trinajstić information content (AvgIpc) is 2.03. The molecule has 4 nitrogen and oxygen atoms in total. The van der Waals surface area contributed by atoms with Gasteiger partial charge in [-0.05, 0) is 12.3 Å². The van der Waals surface area contributed by atoms with Crippen molar-refractivity contribution in [2.24, 2.45) is 5.92 Å². The van der Waals surface area contributed by atoms with E-state index in [0.29, 0.717) is 0 Å². The first-order chi connectivity index (χ1) is 5.99. The Bertz CT molecular complexity index is 171. The van der Waals surface area contributed by atoms with Gasteiger partial charge in [0.25, 0.3) is 0 Å². The summed E-state index contributed by atoms with van der Waals surface area (Å²) in [6, 6.07) is 0. The smallest absolute Gasteiger partial charge is 0.790 e. The Morgan fingerprint density at radius 2 is 1.93 bits per heavy atom. The Morgan fingerprint density at radius 1 is 1.36 bits per heavy atom. The third-order valence-electron chi connectivity index (χ3n) is 2.01. The van der Waals surface area contributed by atoms with Crippen LogP contribution in [-0.2, 0) is 25.6 Å². The van der Waals surface area contributed by atoms with E-state index in [1.165, 1.54) is 0 Å². The van der Waals surface area contributed by atoms with Crippen LogP contribution < -0.4 is 9.79 Å². The minimum Gasteiger partial charge on any atom is -0.790 e. The van der Waals surface area contributed by atoms with Crippen molar-refractivity contribution in [2.45, 2.75) is 39.5 Å². The predicted molar refractivity (Wildman–Crippen MR) is 46.9 cm³/mol. The van der Waals surface area contributed by atoms with Crippen molar-refractivity contribution < 1.29 is 35.4 Å². The van der Waals surface area contributed by atoms with Crippen molar-refractivity contribution in [3.05, 3.63) is 0 Å². The van der Waals surface area contributed by atoms with E-state index in [9.17, 15) is 14.4 Å². The second kappa shape index (κ2) is 8.88. The second-order valence-electron chi connectivity index (χ2n) is 3.16. The van der Waals surface area contributed by atoms with E-state index in [4.69, 9.17) is 0 Å². The summed E-state index contributed by atoms with van der Waals surface area (Å²) in [6.07, 6.45) is 3.89. The van der Waals surface area contributed by atoms with Crippen LogP contribution in [0.5, 0.6) is 0 Å². The van der Waals surface area contributed by atoms with E-state index in [-0.39, 0.29) is 29.0 Å². The monoisotopic (exact) mass is 266 g/mol. The van der Waals surface area contributed by atoms with Gasteiger partial charge >= 0.3 is 16.5 Å². The fourth-order valence-corrected chi connectivity index (χ4v) is 1.49. The molecular formula is C8H17NiO4P. The summed E-state index contributed by atoms with van der Waals surface area (Å²) >= 11 is 0. The van der Waals surface area contributed by atoms with E-state index >= 15 is 0 Å². The summed E-state index contributed by atoms with van der Waals surface area (Å²) < 4.78 is 14.4. The normalized spacial score (nSPS) is 13.4. The third-order valence-corrected chi connectivity index (χ3v) is 2.48. The standard InChI is InChI=1S/C8H19O4P.Ni/c1-3-5-6-8(4-2)7-12-13(9,10)11;/h8H,3-7H2,1-2H3,(H2,9,10,11);/q;+2/p-2. The molecule has 1 atom stereocenters. The van der Waals surface area contributed by atoms with Crippen molar-refractivity contribution in [2.75, 3.05) is 6.61 Å². The predicted octanol–water partition coefficient (Wildman–Crippen LogP) is 1.05. The molecule has 6 heteroatoms. The fraction of sp³-hybridized carbons (Fsp3) is 1.00. The number of hydrogen-bond acceptors (Lipinski definition) is 4. The Hall–Kier alpha value is 0.604. The van der Waals surface area contributed by atoms with Crippen molar-refractivity contribution in [3.63, 3.8) is 0 Å². The van der Waals surface area contributed by atoms with Gasteiger partial charge in [-0.2, -0.15) is 0 Å². The van der Waals surface area contributed by atoms with Crippen LogP contribution in [0.25, 0.3) is 0 Å². The molecular weight excluding hydrogens is 250 g/mol. The van der Waals surface area contributed by atoms with Crippen molar-refractivity contribution >= 4 is 7.82 Å². The van der Waals surface area contributed by atoms with Crippen LogP contribution in [-0.4, -0.2) is 6.61 Å². The quantitative estimate of drug-likeness (QED) is 0.510. The van der Waals surface area contributed by atoms with Crippen molar-refractivity contribution in [1.82, 2.24) is 0 Å². The first-order valence-electron chi connectivity index (χ1n) is 4.66. The first-order valence-corrected chi connectivity index (χ1v) is 6.12. The average molecular weight is 267 g/mol. The molecule has 0 fully saturated rings. The molecule has 1 unspecified atom stereocenters. The third kappa shape index (κ3) is 10.7. The molecule has 14 heavy (non-hydrogen) atoms. The molecule has 0 radical (unpaired) electrons. The maximum atomic E-state index is 10.2. The second-order valence-corrected chi connectivity index (χ2v) is 4.31. The van der Waals surface area contributed by atoms with Gasteiger partial charge in [-0.25, -0.2) is 0 Å². The summed E-state index contributed by atoms with van der Waals surface area (Å²) in [7, 11) is -4.76. The molecule has 0 aromatic carbocycles. The Labute approximate surface area is 95.6 Å². The van der Waals surface area contributed by atoms with Gasteiger partial charge in [-0.15, -0.1) is 0 Å². The molecule has 88 valence electrons. The summed E-state index contributed by atoms with van der Waals surface area (Å²) in [4.78, 5) is 20.4. The van der Waals surface area contributed by atoms with Crippen molar-refractivity contribution in [1.29, 1.82) is 0 Å². The molecule has 0 spiro atoms. The Morgan fingerprint density at radius 3 is 2.29 bits per heavy atom. The number of unbranched alkanes of at least 4 members (excludes halogenated alkanes) is 1. The maximum Gasteiger partial charge on any atom is 2.00 e. The number of phosphoric ester groups is 1. The summed E-state index contributed by atoms with van der Waals surface area (Å²) in [5, 5.41) is 0. The fourth-order valence-electron chi connectivity index (χ4n) is 1.09. The van der Waals surface area contributed by atoms with Crippen LogP contribution in [0.3, 0.4) is 0 Å². The van der Waals surface area contributed by atoms with Gasteiger partial charge in [0.2, 0.25) is 0 Å². The topological polar surface area (TPSA) is 72.4 Å². The molecule has 0 aliphatic rings. The van der Waals surface area contributed by atoms with Gasteiger partial charge in [-0.1, -0.05) is 33.1 Å². The largest absolute Gasteiger partial charge is 2.00 e. The van der Waals surface area contributed by atoms with Crippen LogP contribution >= 0.6 is 7.82 Å². The van der Waals surface area contributed by atoms with Crippen LogP contribution in [0.2, 0.25) is 0 Å². The maximum absolute atomic E-state index is 10.2. The molecule has 0 aliphatic heterocycles. The summed E-state index contributed by atoms with van der Waals surface area (Å²) in [5.74, 6) is 0.191. The van der Waals surface area contributed by atoms with E-state index in [1.807, 2.05) is 6.92 Å². The zero-order valence-electron chi connectivity index (χ0n) is 8.51. The van der Waals surface area contributed by atoms with Gasteiger partial charge in [0, 0.05) is 0 Å². The molecule has 0 bridgehead atoms. The van der Waals surface area contributed by atoms with E-state index in [1.54, 1.807) is 0 Å². The summed E-state index contributed by atoms with van der Waals surface area (Å²) in [5.41, 5.74) is 0. The van der Waals surface area contributed by atoms with Gasteiger partial charge in [0.1, 0.15) is 0 Å². The van der Waals surface area contributed by atoms with Crippen LogP contribution in [0, 0.1) is 5.92 Å². The molecule has 0 N–H and O–H groups in total. The number of phosphoric acid groups is 1. The van der Waals surface area contributed by atoms with Gasteiger partial charge < -0.3 is 18.9 Å². The number of hydrogen-bond donors (Lipinski definition) is 0. The van der Waals surface area contributed by atoms with Gasteiger partial charge in [-0.3, -0.25) is 0 Å². The van der Waals surface area contributed by atoms with Crippen LogP contribution in [0.4, 0.5) is 0 Å². The minimum atomic E-state index is -4.76. The zero-order chi connectivity index (χ0) is 10.3. The van der Waals surface area contributed by atoms with E-state index in [0.717, 1.165) is 25.7 Å². The molecule has 0 aliphatic carbocycles. The first kappa shape index (κ1) is 17.0. The molecule has 0 aromatic heterocycles. The molecule has 0 saturated heterocycles. The van der Waals surface area contributed by atoms with Gasteiger partial charge in [0.05, 0.1) is 14.4 Å². The van der Waals surface area contributed by atoms with Crippen molar-refractivity contribution in [3.8, 4) is 0 Å². The Balaban J connectivity index is 0. The van der Waals surface area contributed by atoms with E-state index < -0.39 is 7.82 Å². The number of rotatable bonds is 7. The SMILES string of the molecule is CCCCC(CC)COP(=O)([O-])[O-].[Ni+2]. The minimum absolute atomic E-state index is 0. The molecule has 0 saturated carbocycles. The zero-order valence-corrected chi connectivity index (χ0v) is 10.4. The summed E-state index contributed by atoms with van der Waals surface area (Å²) in [6.45, 7) is 4.07. The van der Waals surface area contributed by atoms with E-state index in [2.05, 4.69) is 11.4 Å². The van der Waals surface area contributed by atoms with Crippen LogP contribution in [0.15, 0.2) is 0 Å². The molecule has 0 heterocycles. The van der Waals surface area contributed by atoms with Gasteiger partial charge in [0.15, 0.2) is 0 Å². The van der Waals surface area contributed by atoms with Crippen LogP contribution in [0.1, 0.15) is 39.5 Å². The molecule has 0 rings (SSSR count). The molecule has 0 aromatic rings. The molecule has 0 amide bonds.